The molecular weight excluding hydrogens is 167 g/mol. The average Bonchev–Trinajstić information content (AvgIpc) is 2.14. The van der Waals surface area contributed by atoms with E-state index in [-0.39, 0.29) is 11.9 Å². The summed E-state index contributed by atoms with van der Waals surface area (Å²) in [6.45, 7) is 3.25. The highest BCUT2D eigenvalue weighted by Crippen LogP contribution is 2.02. The van der Waals surface area contributed by atoms with Gasteiger partial charge in [0.1, 0.15) is 5.82 Å². The predicted octanol–water partition coefficient (Wildman–Crippen LogP) is 1.26. The lowest BCUT2D eigenvalue weighted by molar-refractivity contribution is 0.553. The molecule has 0 aliphatic heterocycles. The van der Waals surface area contributed by atoms with Gasteiger partial charge in [0, 0.05) is 19.1 Å². The summed E-state index contributed by atoms with van der Waals surface area (Å²) in [6, 6.07) is 6.83. The van der Waals surface area contributed by atoms with Crippen LogP contribution in [0.15, 0.2) is 24.3 Å². The van der Waals surface area contributed by atoms with Gasteiger partial charge in [0.2, 0.25) is 0 Å². The molecule has 0 bridgehead atoms. The van der Waals surface area contributed by atoms with E-state index in [1.807, 2.05) is 13.0 Å². The third-order valence-corrected chi connectivity index (χ3v) is 1.90. The van der Waals surface area contributed by atoms with Gasteiger partial charge in [-0.15, -0.1) is 0 Å². The maximum absolute atomic E-state index is 12.7. The number of halogens is 1. The zero-order valence-electron chi connectivity index (χ0n) is 7.76. The summed E-state index contributed by atoms with van der Waals surface area (Å²) in [7, 11) is 0. The molecule has 1 aromatic rings. The van der Waals surface area contributed by atoms with Gasteiger partial charge in [0.15, 0.2) is 0 Å². The molecule has 0 saturated carbocycles. The molecule has 1 atom stereocenters. The van der Waals surface area contributed by atoms with E-state index in [4.69, 9.17) is 5.73 Å². The molecule has 3 N–H and O–H groups in total. The molecular formula is C10H15FN2. The molecule has 1 aromatic carbocycles. The highest BCUT2D eigenvalue weighted by Gasteiger charge is 1.98. The first-order valence-corrected chi connectivity index (χ1v) is 4.40. The quantitative estimate of drug-likeness (QED) is 0.735. The summed E-state index contributed by atoms with van der Waals surface area (Å²) in [4.78, 5) is 0. The highest BCUT2D eigenvalue weighted by molar-refractivity contribution is 5.15. The van der Waals surface area contributed by atoms with Gasteiger partial charge in [-0.3, -0.25) is 0 Å². The van der Waals surface area contributed by atoms with Crippen molar-refractivity contribution in [2.24, 2.45) is 5.73 Å². The van der Waals surface area contributed by atoms with Crippen molar-refractivity contribution < 1.29 is 4.39 Å². The molecule has 0 fully saturated rings. The highest BCUT2D eigenvalue weighted by atomic mass is 19.1. The monoisotopic (exact) mass is 182 g/mol. The fourth-order valence-electron chi connectivity index (χ4n) is 1.02. The van der Waals surface area contributed by atoms with Crippen LogP contribution in [-0.4, -0.2) is 12.6 Å². The molecule has 0 spiro atoms. The van der Waals surface area contributed by atoms with Crippen molar-refractivity contribution in [1.29, 1.82) is 0 Å². The number of nitrogens with one attached hydrogen (secondary N) is 1. The first-order chi connectivity index (χ1) is 6.22. The van der Waals surface area contributed by atoms with Crippen molar-refractivity contribution in [3.63, 3.8) is 0 Å². The molecule has 13 heavy (non-hydrogen) atoms. The lowest BCUT2D eigenvalue weighted by atomic mass is 10.2. The van der Waals surface area contributed by atoms with E-state index >= 15 is 0 Å². The molecule has 1 rings (SSSR count). The first-order valence-electron chi connectivity index (χ1n) is 4.40. The summed E-state index contributed by atoms with van der Waals surface area (Å²) in [5, 5.41) is 3.18. The summed E-state index contributed by atoms with van der Waals surface area (Å²) >= 11 is 0. The van der Waals surface area contributed by atoms with Crippen LogP contribution in [-0.2, 0) is 6.54 Å². The second-order valence-corrected chi connectivity index (χ2v) is 3.15. The normalized spacial score (nSPS) is 12.8. The van der Waals surface area contributed by atoms with Gasteiger partial charge in [-0.2, -0.15) is 0 Å². The smallest absolute Gasteiger partial charge is 0.123 e. The van der Waals surface area contributed by atoms with Gasteiger partial charge < -0.3 is 11.1 Å². The molecule has 0 heterocycles. The summed E-state index contributed by atoms with van der Waals surface area (Å²) in [6.07, 6.45) is 0. The minimum atomic E-state index is -0.195. The summed E-state index contributed by atoms with van der Waals surface area (Å²) in [5.41, 5.74) is 6.37. The molecule has 2 nitrogen and oxygen atoms in total. The number of hydrogen-bond acceptors (Lipinski definition) is 2. The Bertz CT molecular complexity index is 263. The zero-order chi connectivity index (χ0) is 9.68. The van der Waals surface area contributed by atoms with Crippen LogP contribution in [0.3, 0.4) is 0 Å². The van der Waals surface area contributed by atoms with Crippen molar-refractivity contribution >= 4 is 0 Å². The Kier molecular flexibility index (Phi) is 3.86. The number of rotatable bonds is 4. The van der Waals surface area contributed by atoms with Crippen LogP contribution in [0, 0.1) is 5.82 Å². The lowest BCUT2D eigenvalue weighted by Crippen LogP contribution is -2.32. The largest absolute Gasteiger partial charge is 0.329 e. The van der Waals surface area contributed by atoms with E-state index in [1.165, 1.54) is 12.1 Å². The van der Waals surface area contributed by atoms with Crippen molar-refractivity contribution in [1.82, 2.24) is 5.32 Å². The minimum absolute atomic E-state index is 0.195. The van der Waals surface area contributed by atoms with E-state index in [1.54, 1.807) is 6.07 Å². The second kappa shape index (κ2) is 4.94. The Balaban J connectivity index is 2.45. The van der Waals surface area contributed by atoms with Crippen LogP contribution in [0.25, 0.3) is 0 Å². The van der Waals surface area contributed by atoms with Gasteiger partial charge >= 0.3 is 0 Å². The van der Waals surface area contributed by atoms with Crippen molar-refractivity contribution in [2.75, 3.05) is 6.54 Å². The summed E-state index contributed by atoms with van der Waals surface area (Å²) in [5.74, 6) is -0.195. The molecule has 0 aromatic heterocycles. The molecule has 0 aliphatic carbocycles. The van der Waals surface area contributed by atoms with E-state index in [0.29, 0.717) is 13.1 Å². The van der Waals surface area contributed by atoms with Gasteiger partial charge in [-0.25, -0.2) is 4.39 Å². The topological polar surface area (TPSA) is 38.0 Å². The number of benzene rings is 1. The van der Waals surface area contributed by atoms with Crippen LogP contribution >= 0.6 is 0 Å². The zero-order valence-corrected chi connectivity index (χ0v) is 7.76. The molecule has 72 valence electrons. The Morgan fingerprint density at radius 2 is 2.31 bits per heavy atom. The fourth-order valence-corrected chi connectivity index (χ4v) is 1.02. The predicted molar refractivity (Wildman–Crippen MR) is 51.8 cm³/mol. The standard InChI is InChI=1S/C10H15FN2/c1-8(6-12)13-7-9-3-2-4-10(11)5-9/h2-5,8,13H,6-7,12H2,1H3/t8-/m1/s1. The van der Waals surface area contributed by atoms with Crippen molar-refractivity contribution in [3.05, 3.63) is 35.6 Å². The Morgan fingerprint density at radius 1 is 1.54 bits per heavy atom. The van der Waals surface area contributed by atoms with E-state index < -0.39 is 0 Å². The van der Waals surface area contributed by atoms with Crippen LogP contribution in [0.4, 0.5) is 4.39 Å². The Morgan fingerprint density at radius 3 is 2.92 bits per heavy atom. The second-order valence-electron chi connectivity index (χ2n) is 3.15. The molecule has 0 aliphatic rings. The molecule has 0 unspecified atom stereocenters. The van der Waals surface area contributed by atoms with E-state index in [2.05, 4.69) is 5.32 Å². The Labute approximate surface area is 77.9 Å². The maximum Gasteiger partial charge on any atom is 0.123 e. The molecule has 0 saturated heterocycles. The van der Waals surface area contributed by atoms with Gasteiger partial charge in [-0.05, 0) is 24.6 Å². The first kappa shape index (κ1) is 10.2. The fraction of sp³-hybridized carbons (Fsp3) is 0.400. The molecule has 0 amide bonds. The van der Waals surface area contributed by atoms with Gasteiger partial charge in [-0.1, -0.05) is 12.1 Å². The third kappa shape index (κ3) is 3.53. The van der Waals surface area contributed by atoms with Gasteiger partial charge in [0.25, 0.3) is 0 Å². The number of hydrogen-bond donors (Lipinski definition) is 2. The van der Waals surface area contributed by atoms with Crippen LogP contribution < -0.4 is 11.1 Å². The third-order valence-electron chi connectivity index (χ3n) is 1.90. The van der Waals surface area contributed by atoms with Crippen molar-refractivity contribution in [3.8, 4) is 0 Å². The van der Waals surface area contributed by atoms with Crippen LogP contribution in [0.2, 0.25) is 0 Å². The minimum Gasteiger partial charge on any atom is -0.329 e. The SMILES string of the molecule is C[C@H](CN)NCc1cccc(F)c1. The van der Waals surface area contributed by atoms with Gasteiger partial charge in [0.05, 0.1) is 0 Å². The maximum atomic E-state index is 12.7. The number of nitrogens with two attached hydrogens (primary N) is 1. The van der Waals surface area contributed by atoms with E-state index in [9.17, 15) is 4.39 Å². The molecule has 3 heteroatoms. The lowest BCUT2D eigenvalue weighted by Gasteiger charge is -2.10. The van der Waals surface area contributed by atoms with Crippen molar-refractivity contribution in [2.45, 2.75) is 19.5 Å². The summed E-state index contributed by atoms with van der Waals surface area (Å²) < 4.78 is 12.7. The Hall–Kier alpha value is -0.930. The van der Waals surface area contributed by atoms with Crippen LogP contribution in [0.1, 0.15) is 12.5 Å². The van der Waals surface area contributed by atoms with Crippen LogP contribution in [0.5, 0.6) is 0 Å². The molecule has 0 radical (unpaired) electrons. The average molecular weight is 182 g/mol. The van der Waals surface area contributed by atoms with E-state index in [0.717, 1.165) is 5.56 Å².